The molecule has 0 bridgehead atoms. The smallest absolute Gasteiger partial charge is 0.275 e. The van der Waals surface area contributed by atoms with Crippen LogP contribution in [-0.2, 0) is 0 Å². The van der Waals surface area contributed by atoms with Gasteiger partial charge in [0.15, 0.2) is 0 Å². The minimum Gasteiger partial charge on any atom is -0.490 e. The summed E-state index contributed by atoms with van der Waals surface area (Å²) in [6.07, 6.45) is 1.58. The van der Waals surface area contributed by atoms with E-state index in [1.54, 1.807) is 6.20 Å². The number of aromatic nitrogens is 1. The number of hydrogen-bond donors (Lipinski definition) is 1. The Labute approximate surface area is 97.6 Å². The van der Waals surface area contributed by atoms with Crippen LogP contribution >= 0.6 is 11.3 Å². The molecule has 0 aliphatic rings. The molecule has 0 amide bonds. The van der Waals surface area contributed by atoms with Gasteiger partial charge in [-0.05, 0) is 12.1 Å². The molecule has 1 heterocycles. The van der Waals surface area contributed by atoms with Crippen molar-refractivity contribution in [1.82, 2.24) is 4.98 Å². The molecule has 4 nitrogen and oxygen atoms in total. The van der Waals surface area contributed by atoms with E-state index in [1.807, 2.05) is 30.3 Å². The fraction of sp³-hybridized carbons (Fsp3) is 0.182. The summed E-state index contributed by atoms with van der Waals surface area (Å²) in [7, 11) is 0. The Kier molecular flexibility index (Phi) is 3.61. The van der Waals surface area contributed by atoms with Gasteiger partial charge in [-0.15, -0.1) is 0 Å². The van der Waals surface area contributed by atoms with Crippen molar-refractivity contribution in [2.45, 2.75) is 0 Å². The van der Waals surface area contributed by atoms with E-state index in [4.69, 9.17) is 15.2 Å². The Hall–Kier alpha value is -1.75. The van der Waals surface area contributed by atoms with E-state index in [-0.39, 0.29) is 0 Å². The van der Waals surface area contributed by atoms with Crippen molar-refractivity contribution in [2.75, 3.05) is 18.9 Å². The molecule has 16 heavy (non-hydrogen) atoms. The van der Waals surface area contributed by atoms with Crippen LogP contribution in [0.1, 0.15) is 0 Å². The number of para-hydroxylation sites is 1. The van der Waals surface area contributed by atoms with Gasteiger partial charge >= 0.3 is 0 Å². The Balaban J connectivity index is 1.69. The first-order valence-electron chi connectivity index (χ1n) is 4.86. The molecule has 0 unspecified atom stereocenters. The third-order valence-corrected chi connectivity index (χ3v) is 2.56. The first-order chi connectivity index (χ1) is 7.84. The number of rotatable bonds is 5. The van der Waals surface area contributed by atoms with Crippen molar-refractivity contribution in [3.63, 3.8) is 0 Å². The lowest BCUT2D eigenvalue weighted by Gasteiger charge is -2.05. The normalized spacial score (nSPS) is 10.0. The number of anilines is 1. The number of ether oxygens (including phenoxy) is 2. The van der Waals surface area contributed by atoms with Gasteiger partial charge in [0.2, 0.25) is 0 Å². The molecule has 0 atom stereocenters. The van der Waals surface area contributed by atoms with Gasteiger partial charge in [-0.25, -0.2) is 4.98 Å². The van der Waals surface area contributed by atoms with Gasteiger partial charge in [0.05, 0.1) is 6.20 Å². The molecule has 0 saturated heterocycles. The van der Waals surface area contributed by atoms with E-state index in [1.165, 1.54) is 11.3 Å². The van der Waals surface area contributed by atoms with Crippen LogP contribution < -0.4 is 15.2 Å². The summed E-state index contributed by atoms with van der Waals surface area (Å²) in [6, 6.07) is 9.61. The van der Waals surface area contributed by atoms with Crippen molar-refractivity contribution in [1.29, 1.82) is 0 Å². The minimum absolute atomic E-state index is 0.460. The van der Waals surface area contributed by atoms with Crippen LogP contribution in [0.5, 0.6) is 10.9 Å². The second kappa shape index (κ2) is 5.37. The monoisotopic (exact) mass is 236 g/mol. The molecule has 0 saturated carbocycles. The third-order valence-electron chi connectivity index (χ3n) is 1.82. The Morgan fingerprint density at radius 1 is 1.12 bits per heavy atom. The van der Waals surface area contributed by atoms with Crippen molar-refractivity contribution in [2.24, 2.45) is 0 Å². The van der Waals surface area contributed by atoms with Crippen LogP contribution in [0, 0.1) is 0 Å². The average Bonchev–Trinajstić information content (AvgIpc) is 2.72. The number of nitrogen functional groups attached to an aromatic ring is 1. The van der Waals surface area contributed by atoms with Gasteiger partial charge in [0, 0.05) is 0 Å². The average molecular weight is 236 g/mol. The maximum atomic E-state index is 5.52. The van der Waals surface area contributed by atoms with Crippen molar-refractivity contribution >= 4 is 16.3 Å². The molecule has 1 aromatic carbocycles. The Morgan fingerprint density at radius 2 is 1.88 bits per heavy atom. The molecule has 2 rings (SSSR count). The van der Waals surface area contributed by atoms with Gasteiger partial charge in [-0.2, -0.15) is 0 Å². The number of nitrogens with zero attached hydrogens (tertiary/aromatic N) is 1. The van der Waals surface area contributed by atoms with E-state index in [9.17, 15) is 0 Å². The molecular formula is C11H12N2O2S. The molecule has 5 heteroatoms. The van der Waals surface area contributed by atoms with E-state index < -0.39 is 0 Å². The molecule has 84 valence electrons. The highest BCUT2D eigenvalue weighted by atomic mass is 32.1. The van der Waals surface area contributed by atoms with E-state index in [0.717, 1.165) is 5.75 Å². The molecule has 0 spiro atoms. The van der Waals surface area contributed by atoms with Gasteiger partial charge in [0.1, 0.15) is 24.0 Å². The molecule has 1 aromatic heterocycles. The second-order valence-electron chi connectivity index (χ2n) is 3.04. The molecule has 0 fully saturated rings. The van der Waals surface area contributed by atoms with Crippen molar-refractivity contribution in [3.05, 3.63) is 36.5 Å². The maximum Gasteiger partial charge on any atom is 0.275 e. The molecule has 0 aliphatic carbocycles. The topological polar surface area (TPSA) is 57.4 Å². The lowest BCUT2D eigenvalue weighted by atomic mass is 10.3. The highest BCUT2D eigenvalue weighted by Gasteiger charge is 1.99. The largest absolute Gasteiger partial charge is 0.490 e. The number of hydrogen-bond acceptors (Lipinski definition) is 5. The number of nitrogens with two attached hydrogens (primary N) is 1. The quantitative estimate of drug-likeness (QED) is 0.808. The van der Waals surface area contributed by atoms with Gasteiger partial charge in [-0.1, -0.05) is 29.5 Å². The van der Waals surface area contributed by atoms with Gasteiger partial charge in [0.25, 0.3) is 5.19 Å². The number of benzene rings is 1. The summed E-state index contributed by atoms with van der Waals surface area (Å²) in [5.74, 6) is 0.838. The SMILES string of the molecule is Nc1cnc(OCCOc2ccccc2)s1. The van der Waals surface area contributed by atoms with E-state index in [0.29, 0.717) is 23.4 Å². The highest BCUT2D eigenvalue weighted by Crippen LogP contribution is 2.21. The Morgan fingerprint density at radius 3 is 2.56 bits per heavy atom. The van der Waals surface area contributed by atoms with Crippen LogP contribution in [0.25, 0.3) is 0 Å². The fourth-order valence-corrected chi connectivity index (χ4v) is 1.70. The second-order valence-corrected chi connectivity index (χ2v) is 4.06. The molecular weight excluding hydrogens is 224 g/mol. The summed E-state index contributed by atoms with van der Waals surface area (Å²) in [5.41, 5.74) is 5.52. The van der Waals surface area contributed by atoms with Crippen molar-refractivity contribution < 1.29 is 9.47 Å². The zero-order valence-corrected chi connectivity index (χ0v) is 9.44. The predicted octanol–water partition coefficient (Wildman–Crippen LogP) is 2.18. The summed E-state index contributed by atoms with van der Waals surface area (Å²) < 4.78 is 10.8. The third kappa shape index (κ3) is 3.13. The first kappa shape index (κ1) is 10.8. The zero-order chi connectivity index (χ0) is 11.2. The summed E-state index contributed by atoms with van der Waals surface area (Å²) in [5, 5.41) is 1.23. The Bertz CT molecular complexity index is 431. The molecule has 0 aliphatic heterocycles. The van der Waals surface area contributed by atoms with E-state index >= 15 is 0 Å². The fourth-order valence-electron chi connectivity index (χ4n) is 1.14. The minimum atomic E-state index is 0.460. The van der Waals surface area contributed by atoms with Gasteiger partial charge < -0.3 is 15.2 Å². The van der Waals surface area contributed by atoms with Crippen LogP contribution in [0.15, 0.2) is 36.5 Å². The van der Waals surface area contributed by atoms with Gasteiger partial charge in [-0.3, -0.25) is 0 Å². The van der Waals surface area contributed by atoms with Crippen LogP contribution in [0.2, 0.25) is 0 Å². The summed E-state index contributed by atoms with van der Waals surface area (Å²) in [4.78, 5) is 3.98. The number of thiazole rings is 1. The summed E-state index contributed by atoms with van der Waals surface area (Å²) in [6.45, 7) is 0.950. The molecule has 2 N–H and O–H groups in total. The standard InChI is InChI=1S/C11H12N2O2S/c12-10-8-13-11(16-10)15-7-6-14-9-4-2-1-3-5-9/h1-5,8H,6-7,12H2. The predicted molar refractivity (Wildman–Crippen MR) is 64.0 cm³/mol. The highest BCUT2D eigenvalue weighted by molar-refractivity contribution is 7.17. The first-order valence-corrected chi connectivity index (χ1v) is 5.68. The van der Waals surface area contributed by atoms with Crippen LogP contribution in [0.3, 0.4) is 0 Å². The van der Waals surface area contributed by atoms with Crippen LogP contribution in [0.4, 0.5) is 5.00 Å². The molecule has 2 aromatic rings. The van der Waals surface area contributed by atoms with Crippen LogP contribution in [-0.4, -0.2) is 18.2 Å². The molecule has 0 radical (unpaired) electrons. The van der Waals surface area contributed by atoms with E-state index in [2.05, 4.69) is 4.98 Å². The van der Waals surface area contributed by atoms with Crippen molar-refractivity contribution in [3.8, 4) is 10.9 Å². The summed E-state index contributed by atoms with van der Waals surface area (Å²) >= 11 is 1.32. The lowest BCUT2D eigenvalue weighted by molar-refractivity contribution is 0.216. The zero-order valence-electron chi connectivity index (χ0n) is 8.63. The maximum absolute atomic E-state index is 5.52. The lowest BCUT2D eigenvalue weighted by Crippen LogP contribution is -2.08.